The van der Waals surface area contributed by atoms with Gasteiger partial charge in [-0.05, 0) is 30.5 Å². The molecule has 1 saturated carbocycles. The summed E-state index contributed by atoms with van der Waals surface area (Å²) in [5.74, 6) is 0.0594. The molecule has 2 atom stereocenters. The van der Waals surface area contributed by atoms with Crippen LogP contribution >= 0.6 is 11.3 Å². The molecule has 1 heterocycles. The summed E-state index contributed by atoms with van der Waals surface area (Å²) in [4.78, 5) is 6.04. The Kier molecular flexibility index (Phi) is 5.02. The van der Waals surface area contributed by atoms with Crippen LogP contribution in [0.1, 0.15) is 36.3 Å². The van der Waals surface area contributed by atoms with Crippen LogP contribution in [0.3, 0.4) is 0 Å². The van der Waals surface area contributed by atoms with Crippen molar-refractivity contribution < 1.29 is 21.6 Å². The fraction of sp³-hybridized carbons (Fsp3) is 0.438. The van der Waals surface area contributed by atoms with Crippen molar-refractivity contribution in [1.29, 1.82) is 0 Å². The van der Waals surface area contributed by atoms with Crippen LogP contribution in [0.4, 0.5) is 18.3 Å². The molecule has 0 bridgehead atoms. The number of aromatic nitrogens is 1. The van der Waals surface area contributed by atoms with Gasteiger partial charge in [0.15, 0.2) is 9.34 Å². The molecule has 0 radical (unpaired) electrons. The fourth-order valence-electron chi connectivity index (χ4n) is 3.40. The van der Waals surface area contributed by atoms with Crippen molar-refractivity contribution >= 4 is 26.5 Å². The van der Waals surface area contributed by atoms with E-state index in [1.54, 1.807) is 0 Å². The summed E-state index contributed by atoms with van der Waals surface area (Å²) in [7, 11) is -1.98. The number of rotatable bonds is 4. The van der Waals surface area contributed by atoms with Crippen LogP contribution in [-0.4, -0.2) is 26.5 Å². The van der Waals surface area contributed by atoms with Crippen molar-refractivity contribution in [2.24, 2.45) is 5.14 Å². The number of anilines is 1. The monoisotopic (exact) mass is 405 g/mol. The molecule has 26 heavy (non-hydrogen) atoms. The molecule has 10 heteroatoms. The molecule has 2 unspecified atom stereocenters. The SMILES string of the molecule is CN(c1ncc(S(N)(=O)=O)s1)C1CCCC1c1ccc(C(F)(F)F)cc1. The first-order valence-corrected chi connectivity index (χ1v) is 10.3. The molecule has 1 aromatic carbocycles. The van der Waals surface area contributed by atoms with Gasteiger partial charge < -0.3 is 4.90 Å². The summed E-state index contributed by atoms with van der Waals surface area (Å²) in [5.41, 5.74) is 0.178. The average molecular weight is 405 g/mol. The number of benzene rings is 1. The zero-order valence-corrected chi connectivity index (χ0v) is 15.5. The van der Waals surface area contributed by atoms with E-state index in [9.17, 15) is 21.6 Å². The van der Waals surface area contributed by atoms with E-state index in [1.807, 2.05) is 11.9 Å². The molecule has 0 spiro atoms. The maximum absolute atomic E-state index is 12.7. The molecule has 0 amide bonds. The number of likely N-dealkylation sites (N-methyl/N-ethyl adjacent to an activating group) is 1. The first kappa shape index (κ1) is 19.1. The van der Waals surface area contributed by atoms with Crippen molar-refractivity contribution in [3.63, 3.8) is 0 Å². The van der Waals surface area contributed by atoms with E-state index >= 15 is 0 Å². The minimum atomic E-state index is -4.35. The normalized spacial score (nSPS) is 21.1. The van der Waals surface area contributed by atoms with Gasteiger partial charge in [-0.2, -0.15) is 13.2 Å². The van der Waals surface area contributed by atoms with Gasteiger partial charge in [-0.3, -0.25) is 0 Å². The van der Waals surface area contributed by atoms with Gasteiger partial charge in [-0.15, -0.1) is 0 Å². The number of halogens is 3. The van der Waals surface area contributed by atoms with Crippen LogP contribution in [-0.2, 0) is 16.2 Å². The van der Waals surface area contributed by atoms with E-state index in [4.69, 9.17) is 5.14 Å². The Morgan fingerprint density at radius 2 is 1.88 bits per heavy atom. The van der Waals surface area contributed by atoms with Gasteiger partial charge in [-0.1, -0.05) is 29.9 Å². The van der Waals surface area contributed by atoms with Crippen molar-refractivity contribution in [3.05, 3.63) is 41.6 Å². The third-order valence-corrected chi connectivity index (χ3v) is 7.19. The largest absolute Gasteiger partial charge is 0.416 e. The molecule has 1 aliphatic carbocycles. The Bertz CT molecular complexity index is 879. The molecular formula is C16H18F3N3O2S2. The second-order valence-electron chi connectivity index (χ2n) is 6.34. The highest BCUT2D eigenvalue weighted by Gasteiger charge is 2.34. The summed E-state index contributed by atoms with van der Waals surface area (Å²) in [6.07, 6.45) is -0.474. The van der Waals surface area contributed by atoms with Gasteiger partial charge in [0, 0.05) is 19.0 Å². The van der Waals surface area contributed by atoms with Crippen LogP contribution in [0.2, 0.25) is 0 Å². The van der Waals surface area contributed by atoms with E-state index in [0.29, 0.717) is 5.13 Å². The van der Waals surface area contributed by atoms with Gasteiger partial charge in [0.05, 0.1) is 11.8 Å². The van der Waals surface area contributed by atoms with E-state index in [1.165, 1.54) is 18.3 Å². The quantitative estimate of drug-likeness (QED) is 0.844. The zero-order chi connectivity index (χ0) is 19.1. The molecule has 3 rings (SSSR count). The second kappa shape index (κ2) is 6.82. The first-order chi connectivity index (χ1) is 12.1. The molecule has 2 aromatic rings. The van der Waals surface area contributed by atoms with E-state index in [2.05, 4.69) is 4.98 Å². The van der Waals surface area contributed by atoms with Crippen LogP contribution in [0.5, 0.6) is 0 Å². The maximum Gasteiger partial charge on any atom is 0.416 e. The molecule has 1 aliphatic rings. The minimum Gasteiger partial charge on any atom is -0.348 e. The van der Waals surface area contributed by atoms with Crippen molar-refractivity contribution in [2.75, 3.05) is 11.9 Å². The lowest BCUT2D eigenvalue weighted by Crippen LogP contribution is -2.33. The molecule has 0 saturated heterocycles. The Morgan fingerprint density at radius 1 is 1.23 bits per heavy atom. The highest BCUT2D eigenvalue weighted by Crippen LogP contribution is 2.41. The smallest absolute Gasteiger partial charge is 0.348 e. The number of thiazole rings is 1. The van der Waals surface area contributed by atoms with E-state index in [0.717, 1.165) is 48.3 Å². The third kappa shape index (κ3) is 3.86. The maximum atomic E-state index is 12.7. The number of hydrogen-bond acceptors (Lipinski definition) is 5. The summed E-state index contributed by atoms with van der Waals surface area (Å²) < 4.78 is 61.1. The van der Waals surface area contributed by atoms with Crippen molar-refractivity contribution in [1.82, 2.24) is 4.98 Å². The number of hydrogen-bond donors (Lipinski definition) is 1. The van der Waals surface area contributed by atoms with Gasteiger partial charge in [0.2, 0.25) is 10.0 Å². The molecule has 0 aliphatic heterocycles. The van der Waals surface area contributed by atoms with Crippen LogP contribution < -0.4 is 10.0 Å². The molecule has 1 fully saturated rings. The fourth-order valence-corrected chi connectivity index (χ4v) is 4.96. The van der Waals surface area contributed by atoms with Gasteiger partial charge in [0.1, 0.15) is 0 Å². The van der Waals surface area contributed by atoms with E-state index in [-0.39, 0.29) is 16.2 Å². The number of alkyl halides is 3. The Balaban J connectivity index is 1.82. The lowest BCUT2D eigenvalue weighted by molar-refractivity contribution is -0.137. The zero-order valence-electron chi connectivity index (χ0n) is 13.9. The summed E-state index contributed by atoms with van der Waals surface area (Å²) in [5, 5.41) is 5.65. The van der Waals surface area contributed by atoms with Gasteiger partial charge in [0.25, 0.3) is 0 Å². The van der Waals surface area contributed by atoms with Gasteiger partial charge >= 0.3 is 6.18 Å². The predicted octanol–water partition coefficient (Wildman–Crippen LogP) is 3.58. The summed E-state index contributed by atoms with van der Waals surface area (Å²) in [6.45, 7) is 0. The van der Waals surface area contributed by atoms with Crippen molar-refractivity contribution in [2.45, 2.75) is 41.6 Å². The van der Waals surface area contributed by atoms with Gasteiger partial charge in [-0.25, -0.2) is 18.5 Å². The highest BCUT2D eigenvalue weighted by molar-refractivity contribution is 7.91. The average Bonchev–Trinajstić information content (AvgIpc) is 3.22. The van der Waals surface area contributed by atoms with Crippen LogP contribution in [0.25, 0.3) is 0 Å². The molecular weight excluding hydrogens is 387 g/mol. The van der Waals surface area contributed by atoms with Crippen LogP contribution in [0.15, 0.2) is 34.7 Å². The predicted molar refractivity (Wildman–Crippen MR) is 93.7 cm³/mol. The number of nitrogens with zero attached hydrogens (tertiary/aromatic N) is 2. The molecule has 5 nitrogen and oxygen atoms in total. The van der Waals surface area contributed by atoms with Crippen molar-refractivity contribution in [3.8, 4) is 0 Å². The first-order valence-electron chi connectivity index (χ1n) is 7.96. The number of sulfonamides is 1. The minimum absolute atomic E-state index is 0.0107. The van der Waals surface area contributed by atoms with Crippen LogP contribution in [0, 0.1) is 0 Å². The molecule has 2 N–H and O–H groups in total. The van der Waals surface area contributed by atoms with E-state index < -0.39 is 21.8 Å². The Morgan fingerprint density at radius 3 is 2.42 bits per heavy atom. The lowest BCUT2D eigenvalue weighted by Gasteiger charge is -2.30. The molecule has 1 aromatic heterocycles. The molecule has 142 valence electrons. The second-order valence-corrected chi connectivity index (χ2v) is 9.14. The summed E-state index contributed by atoms with van der Waals surface area (Å²) in [6, 6.07) is 5.29. The summed E-state index contributed by atoms with van der Waals surface area (Å²) >= 11 is 0.991. The Labute approximate surface area is 153 Å². The standard InChI is InChI=1S/C16H18F3N3O2S2/c1-22(15-21-9-14(25-15)26(20,23)24)13-4-2-3-12(13)10-5-7-11(8-6-10)16(17,18)19/h5-9,12-13H,2-4H2,1H3,(H2,20,23,24). The Hall–Kier alpha value is -1.65. The highest BCUT2D eigenvalue weighted by atomic mass is 32.2. The number of nitrogens with two attached hydrogens (primary N) is 1. The third-order valence-electron chi connectivity index (χ3n) is 4.70. The lowest BCUT2D eigenvalue weighted by atomic mass is 9.92. The topological polar surface area (TPSA) is 76.3 Å². The number of primary sulfonamides is 1.